The Hall–Kier alpha value is -1.68. The van der Waals surface area contributed by atoms with E-state index in [4.69, 9.17) is 4.74 Å². The molecule has 1 aromatic heterocycles. The maximum atomic E-state index is 5.54. The SMILES string of the molecule is COc1ccc2c(ccn2C)c1N1CCNCC1. The van der Waals surface area contributed by atoms with E-state index in [1.165, 1.54) is 16.6 Å². The number of nitrogens with one attached hydrogen (secondary N) is 1. The summed E-state index contributed by atoms with van der Waals surface area (Å²) in [6.45, 7) is 4.13. The van der Waals surface area contributed by atoms with Crippen LogP contribution in [0.4, 0.5) is 5.69 Å². The van der Waals surface area contributed by atoms with Crippen LogP contribution in [0.15, 0.2) is 24.4 Å². The standard InChI is InChI=1S/C14H19N3O/c1-16-8-5-11-12(16)3-4-13(18-2)14(11)17-9-6-15-7-10-17/h3-5,8,15H,6-7,9-10H2,1-2H3. The van der Waals surface area contributed by atoms with Crippen LogP contribution in [0.3, 0.4) is 0 Å². The smallest absolute Gasteiger partial charge is 0.142 e. The van der Waals surface area contributed by atoms with Crippen molar-refractivity contribution in [2.75, 3.05) is 38.2 Å². The molecule has 0 atom stereocenters. The molecule has 0 bridgehead atoms. The number of fused-ring (bicyclic) bond motifs is 1. The van der Waals surface area contributed by atoms with Crippen molar-refractivity contribution in [3.63, 3.8) is 0 Å². The average Bonchev–Trinajstić information content (AvgIpc) is 2.80. The van der Waals surface area contributed by atoms with E-state index in [1.807, 2.05) is 0 Å². The van der Waals surface area contributed by atoms with Gasteiger partial charge in [0.25, 0.3) is 0 Å². The highest BCUT2D eigenvalue weighted by Crippen LogP contribution is 2.36. The fraction of sp³-hybridized carbons (Fsp3) is 0.429. The monoisotopic (exact) mass is 245 g/mol. The van der Waals surface area contributed by atoms with Crippen LogP contribution in [0.5, 0.6) is 5.75 Å². The van der Waals surface area contributed by atoms with Gasteiger partial charge in [-0.25, -0.2) is 0 Å². The molecule has 1 N–H and O–H groups in total. The third-order valence-electron chi connectivity index (χ3n) is 3.65. The van der Waals surface area contributed by atoms with Gasteiger partial charge in [-0.3, -0.25) is 0 Å². The molecule has 0 unspecified atom stereocenters. The topological polar surface area (TPSA) is 29.4 Å². The third kappa shape index (κ3) is 1.73. The molecule has 4 heteroatoms. The summed E-state index contributed by atoms with van der Waals surface area (Å²) >= 11 is 0. The second-order valence-corrected chi connectivity index (χ2v) is 4.71. The Kier molecular flexibility index (Phi) is 2.88. The zero-order valence-electron chi connectivity index (χ0n) is 10.9. The Morgan fingerprint density at radius 2 is 1.94 bits per heavy atom. The van der Waals surface area contributed by atoms with E-state index < -0.39 is 0 Å². The number of hydrogen-bond donors (Lipinski definition) is 1. The molecule has 1 aliphatic rings. The van der Waals surface area contributed by atoms with E-state index in [0.29, 0.717) is 0 Å². The van der Waals surface area contributed by atoms with Crippen molar-refractivity contribution in [1.82, 2.24) is 9.88 Å². The number of aromatic nitrogens is 1. The van der Waals surface area contributed by atoms with Gasteiger partial charge in [0.05, 0.1) is 18.3 Å². The third-order valence-corrected chi connectivity index (χ3v) is 3.65. The molecule has 0 saturated carbocycles. The molecule has 0 aliphatic carbocycles. The molecule has 1 aliphatic heterocycles. The number of benzene rings is 1. The summed E-state index contributed by atoms with van der Waals surface area (Å²) in [6.07, 6.45) is 2.11. The molecule has 1 saturated heterocycles. The van der Waals surface area contributed by atoms with Gasteiger partial charge in [0.15, 0.2) is 0 Å². The summed E-state index contributed by atoms with van der Waals surface area (Å²) in [4.78, 5) is 2.41. The number of hydrogen-bond acceptors (Lipinski definition) is 3. The summed E-state index contributed by atoms with van der Waals surface area (Å²) in [5.74, 6) is 0.968. The van der Waals surface area contributed by atoms with Crippen LogP contribution in [0.1, 0.15) is 0 Å². The minimum absolute atomic E-state index is 0.968. The van der Waals surface area contributed by atoms with Crippen LogP contribution >= 0.6 is 0 Å². The lowest BCUT2D eigenvalue weighted by Crippen LogP contribution is -2.43. The Balaban J connectivity index is 2.16. The Morgan fingerprint density at radius 1 is 1.17 bits per heavy atom. The number of rotatable bonds is 2. The molecule has 18 heavy (non-hydrogen) atoms. The van der Waals surface area contributed by atoms with E-state index in [2.05, 4.69) is 46.2 Å². The second kappa shape index (κ2) is 4.53. The van der Waals surface area contributed by atoms with E-state index >= 15 is 0 Å². The zero-order chi connectivity index (χ0) is 12.5. The fourth-order valence-electron chi connectivity index (χ4n) is 2.70. The van der Waals surface area contributed by atoms with Crippen LogP contribution in [-0.2, 0) is 7.05 Å². The minimum Gasteiger partial charge on any atom is -0.495 e. The average molecular weight is 245 g/mol. The van der Waals surface area contributed by atoms with Crippen molar-refractivity contribution in [2.24, 2.45) is 7.05 Å². The Bertz CT molecular complexity index is 555. The first-order valence-electron chi connectivity index (χ1n) is 6.39. The maximum absolute atomic E-state index is 5.54. The van der Waals surface area contributed by atoms with Gasteiger partial charge in [-0.2, -0.15) is 0 Å². The highest BCUT2D eigenvalue weighted by molar-refractivity contribution is 5.96. The summed E-state index contributed by atoms with van der Waals surface area (Å²) < 4.78 is 7.70. The molecule has 0 spiro atoms. The normalized spacial score (nSPS) is 16.2. The molecule has 1 aromatic carbocycles. The lowest BCUT2D eigenvalue weighted by molar-refractivity contribution is 0.413. The molecule has 96 valence electrons. The van der Waals surface area contributed by atoms with Crippen LogP contribution in [0, 0.1) is 0 Å². The molecule has 0 radical (unpaired) electrons. The van der Waals surface area contributed by atoms with Crippen molar-refractivity contribution in [3.8, 4) is 5.75 Å². The summed E-state index contributed by atoms with van der Waals surface area (Å²) in [7, 11) is 3.83. The highest BCUT2D eigenvalue weighted by Gasteiger charge is 2.18. The van der Waals surface area contributed by atoms with Crippen molar-refractivity contribution in [2.45, 2.75) is 0 Å². The van der Waals surface area contributed by atoms with Gasteiger partial charge < -0.3 is 19.5 Å². The zero-order valence-corrected chi connectivity index (χ0v) is 10.9. The molecular weight excluding hydrogens is 226 g/mol. The molecule has 1 fully saturated rings. The van der Waals surface area contributed by atoms with Crippen LogP contribution in [0.2, 0.25) is 0 Å². The predicted octanol–water partition coefficient (Wildman–Crippen LogP) is 1.60. The van der Waals surface area contributed by atoms with Gasteiger partial charge >= 0.3 is 0 Å². The van der Waals surface area contributed by atoms with Gasteiger partial charge in [0.2, 0.25) is 0 Å². The van der Waals surface area contributed by atoms with Crippen molar-refractivity contribution in [1.29, 1.82) is 0 Å². The molecule has 2 heterocycles. The van der Waals surface area contributed by atoms with Gasteiger partial charge in [0.1, 0.15) is 5.75 Å². The van der Waals surface area contributed by atoms with E-state index in [1.54, 1.807) is 7.11 Å². The first-order valence-corrected chi connectivity index (χ1v) is 6.39. The predicted molar refractivity (Wildman–Crippen MR) is 74.6 cm³/mol. The van der Waals surface area contributed by atoms with Crippen molar-refractivity contribution >= 4 is 16.6 Å². The van der Waals surface area contributed by atoms with Crippen molar-refractivity contribution in [3.05, 3.63) is 24.4 Å². The summed E-state index contributed by atoms with van der Waals surface area (Å²) in [5, 5.41) is 4.66. The molecule has 0 amide bonds. The minimum atomic E-state index is 0.968. The van der Waals surface area contributed by atoms with Crippen LogP contribution in [0.25, 0.3) is 10.9 Å². The second-order valence-electron chi connectivity index (χ2n) is 4.71. The highest BCUT2D eigenvalue weighted by atomic mass is 16.5. The Morgan fingerprint density at radius 3 is 2.67 bits per heavy atom. The quantitative estimate of drug-likeness (QED) is 0.871. The maximum Gasteiger partial charge on any atom is 0.142 e. The number of methoxy groups -OCH3 is 1. The molecule has 4 nitrogen and oxygen atoms in total. The number of anilines is 1. The lowest BCUT2D eigenvalue weighted by Gasteiger charge is -2.31. The molecular formula is C14H19N3O. The largest absolute Gasteiger partial charge is 0.495 e. The number of nitrogens with zero attached hydrogens (tertiary/aromatic N) is 2. The van der Waals surface area contributed by atoms with Gasteiger partial charge in [-0.05, 0) is 18.2 Å². The van der Waals surface area contributed by atoms with Crippen LogP contribution in [-0.4, -0.2) is 37.9 Å². The summed E-state index contributed by atoms with van der Waals surface area (Å²) in [6, 6.07) is 6.37. The van der Waals surface area contributed by atoms with E-state index in [-0.39, 0.29) is 0 Å². The van der Waals surface area contributed by atoms with E-state index in [0.717, 1.165) is 31.9 Å². The number of piperazine rings is 1. The molecule has 2 aromatic rings. The first kappa shape index (κ1) is 11.4. The van der Waals surface area contributed by atoms with Crippen molar-refractivity contribution < 1.29 is 4.74 Å². The number of ether oxygens (including phenoxy) is 1. The van der Waals surface area contributed by atoms with Gasteiger partial charge in [-0.1, -0.05) is 0 Å². The summed E-state index contributed by atoms with van der Waals surface area (Å²) in [5.41, 5.74) is 2.49. The lowest BCUT2D eigenvalue weighted by atomic mass is 10.1. The van der Waals surface area contributed by atoms with Gasteiger partial charge in [-0.15, -0.1) is 0 Å². The van der Waals surface area contributed by atoms with Crippen LogP contribution < -0.4 is 15.0 Å². The first-order chi connectivity index (χ1) is 8.81. The Labute approximate surface area is 107 Å². The fourth-order valence-corrected chi connectivity index (χ4v) is 2.70. The van der Waals surface area contributed by atoms with Gasteiger partial charge in [0, 0.05) is 44.8 Å². The molecule has 3 rings (SSSR count). The number of aryl methyl sites for hydroxylation is 1. The van der Waals surface area contributed by atoms with E-state index in [9.17, 15) is 0 Å².